The summed E-state index contributed by atoms with van der Waals surface area (Å²) in [5.74, 6) is 0.949. The van der Waals surface area contributed by atoms with Crippen LogP contribution in [-0.2, 0) is 6.42 Å². The van der Waals surface area contributed by atoms with Crippen LogP contribution in [0.5, 0.6) is 0 Å². The van der Waals surface area contributed by atoms with Crippen LogP contribution in [0.25, 0.3) is 0 Å². The fraction of sp³-hybridized carbons (Fsp3) is 0.688. The van der Waals surface area contributed by atoms with E-state index >= 15 is 0 Å². The first-order valence-corrected chi connectivity index (χ1v) is 7.50. The Bertz CT molecular complexity index is 317. The van der Waals surface area contributed by atoms with Crippen molar-refractivity contribution in [3.8, 4) is 0 Å². The first-order valence-electron chi connectivity index (χ1n) is 7.50. The van der Waals surface area contributed by atoms with E-state index in [1.807, 2.05) is 12.4 Å². The molecule has 1 saturated carbocycles. The zero-order chi connectivity index (χ0) is 12.6. The van der Waals surface area contributed by atoms with Crippen molar-refractivity contribution in [3.63, 3.8) is 0 Å². The average molecular weight is 246 g/mol. The van der Waals surface area contributed by atoms with Crippen LogP contribution >= 0.6 is 0 Å². The average Bonchev–Trinajstić information content (AvgIpc) is 2.41. The molecule has 18 heavy (non-hydrogen) atoms. The molecule has 1 N–H and O–H groups in total. The molecular weight excluding hydrogens is 220 g/mol. The maximum Gasteiger partial charge on any atom is 0.0270 e. The second-order valence-electron chi connectivity index (χ2n) is 5.55. The fourth-order valence-corrected chi connectivity index (χ4v) is 3.16. The molecule has 1 heterocycles. The third kappa shape index (κ3) is 4.41. The molecule has 1 aliphatic carbocycles. The van der Waals surface area contributed by atoms with Crippen molar-refractivity contribution < 1.29 is 0 Å². The lowest BCUT2D eigenvalue weighted by atomic mass is 9.83. The molecule has 1 unspecified atom stereocenters. The van der Waals surface area contributed by atoms with E-state index in [9.17, 15) is 0 Å². The summed E-state index contributed by atoms with van der Waals surface area (Å²) < 4.78 is 0. The molecule has 1 aliphatic rings. The molecule has 2 rings (SSSR count). The van der Waals surface area contributed by atoms with Crippen LogP contribution in [0.4, 0.5) is 0 Å². The molecule has 0 aromatic carbocycles. The van der Waals surface area contributed by atoms with E-state index in [0.29, 0.717) is 6.04 Å². The zero-order valence-corrected chi connectivity index (χ0v) is 11.6. The predicted molar refractivity (Wildman–Crippen MR) is 76.6 cm³/mol. The predicted octanol–water partition coefficient (Wildman–Crippen LogP) is 3.57. The standard InChI is InChI=1S/C16H26N2/c1-2-18-16(12-14-6-4-3-5-7-14)13-15-8-10-17-11-9-15/h8-11,14,16,18H,2-7,12-13H2,1H3. The van der Waals surface area contributed by atoms with Gasteiger partial charge in [-0.1, -0.05) is 39.0 Å². The molecule has 0 bridgehead atoms. The lowest BCUT2D eigenvalue weighted by Crippen LogP contribution is -2.33. The van der Waals surface area contributed by atoms with Gasteiger partial charge in [-0.3, -0.25) is 4.98 Å². The van der Waals surface area contributed by atoms with Crippen molar-refractivity contribution in [1.29, 1.82) is 0 Å². The van der Waals surface area contributed by atoms with Crippen LogP contribution < -0.4 is 5.32 Å². The number of aromatic nitrogens is 1. The molecule has 0 aliphatic heterocycles. The second-order valence-corrected chi connectivity index (χ2v) is 5.55. The molecule has 2 heteroatoms. The molecule has 100 valence electrons. The number of hydrogen-bond donors (Lipinski definition) is 1. The van der Waals surface area contributed by atoms with Gasteiger partial charge in [-0.25, -0.2) is 0 Å². The van der Waals surface area contributed by atoms with E-state index < -0.39 is 0 Å². The summed E-state index contributed by atoms with van der Waals surface area (Å²) in [4.78, 5) is 4.09. The number of likely N-dealkylation sites (N-methyl/N-ethyl adjacent to an activating group) is 1. The molecular formula is C16H26N2. The van der Waals surface area contributed by atoms with Crippen molar-refractivity contribution in [2.24, 2.45) is 5.92 Å². The topological polar surface area (TPSA) is 24.9 Å². The molecule has 0 amide bonds. The van der Waals surface area contributed by atoms with Crippen molar-refractivity contribution in [1.82, 2.24) is 10.3 Å². The van der Waals surface area contributed by atoms with Crippen molar-refractivity contribution in [3.05, 3.63) is 30.1 Å². The fourth-order valence-electron chi connectivity index (χ4n) is 3.16. The SMILES string of the molecule is CCNC(Cc1ccncc1)CC1CCCCC1. The van der Waals surface area contributed by atoms with Gasteiger partial charge >= 0.3 is 0 Å². The first kappa shape index (κ1) is 13.5. The highest BCUT2D eigenvalue weighted by molar-refractivity contribution is 5.11. The zero-order valence-electron chi connectivity index (χ0n) is 11.6. The lowest BCUT2D eigenvalue weighted by Gasteiger charge is -2.27. The Morgan fingerprint density at radius 1 is 1.22 bits per heavy atom. The van der Waals surface area contributed by atoms with E-state index in [1.54, 1.807) is 0 Å². The van der Waals surface area contributed by atoms with Crippen molar-refractivity contribution >= 4 is 0 Å². The Balaban J connectivity index is 1.86. The third-order valence-corrected chi connectivity index (χ3v) is 4.07. The molecule has 1 aromatic heterocycles. The monoisotopic (exact) mass is 246 g/mol. The summed E-state index contributed by atoms with van der Waals surface area (Å²) in [6.45, 7) is 3.28. The molecule has 0 saturated heterocycles. The number of hydrogen-bond acceptors (Lipinski definition) is 2. The molecule has 1 atom stereocenters. The Morgan fingerprint density at radius 2 is 1.94 bits per heavy atom. The maximum atomic E-state index is 4.09. The number of nitrogens with zero attached hydrogens (tertiary/aromatic N) is 1. The molecule has 1 fully saturated rings. The van der Waals surface area contributed by atoms with Gasteiger partial charge in [0, 0.05) is 18.4 Å². The Morgan fingerprint density at radius 3 is 2.61 bits per heavy atom. The van der Waals surface area contributed by atoms with Crippen molar-refractivity contribution in [2.45, 2.75) is 57.9 Å². The minimum atomic E-state index is 0.639. The van der Waals surface area contributed by atoms with Gasteiger partial charge in [0.25, 0.3) is 0 Å². The van der Waals surface area contributed by atoms with E-state index in [0.717, 1.165) is 18.9 Å². The van der Waals surface area contributed by atoms with Gasteiger partial charge in [-0.05, 0) is 43.0 Å². The number of pyridine rings is 1. The molecule has 0 spiro atoms. The Kier molecular flexibility index (Phi) is 5.66. The third-order valence-electron chi connectivity index (χ3n) is 4.07. The van der Waals surface area contributed by atoms with Crippen LogP contribution in [0.3, 0.4) is 0 Å². The van der Waals surface area contributed by atoms with Crippen LogP contribution in [0, 0.1) is 5.92 Å². The van der Waals surface area contributed by atoms with Crippen LogP contribution in [0.2, 0.25) is 0 Å². The van der Waals surface area contributed by atoms with Gasteiger partial charge in [-0.2, -0.15) is 0 Å². The normalized spacial score (nSPS) is 18.7. The summed E-state index contributed by atoms with van der Waals surface area (Å²) in [5.41, 5.74) is 1.41. The second kappa shape index (κ2) is 7.52. The van der Waals surface area contributed by atoms with Gasteiger partial charge in [0.15, 0.2) is 0 Å². The van der Waals surface area contributed by atoms with Crippen molar-refractivity contribution in [2.75, 3.05) is 6.54 Å². The largest absolute Gasteiger partial charge is 0.314 e. The molecule has 0 radical (unpaired) electrons. The highest BCUT2D eigenvalue weighted by Gasteiger charge is 2.18. The highest BCUT2D eigenvalue weighted by atomic mass is 14.9. The van der Waals surface area contributed by atoms with E-state index in [-0.39, 0.29) is 0 Å². The Hall–Kier alpha value is -0.890. The van der Waals surface area contributed by atoms with Gasteiger partial charge in [0.1, 0.15) is 0 Å². The minimum absolute atomic E-state index is 0.639. The lowest BCUT2D eigenvalue weighted by molar-refractivity contribution is 0.298. The van der Waals surface area contributed by atoms with Gasteiger partial charge < -0.3 is 5.32 Å². The Labute approximate surface area is 111 Å². The van der Waals surface area contributed by atoms with E-state index in [1.165, 1.54) is 44.1 Å². The summed E-state index contributed by atoms with van der Waals surface area (Å²) in [6, 6.07) is 4.93. The summed E-state index contributed by atoms with van der Waals surface area (Å²) >= 11 is 0. The van der Waals surface area contributed by atoms with Crippen LogP contribution in [-0.4, -0.2) is 17.6 Å². The summed E-state index contributed by atoms with van der Waals surface area (Å²) in [5, 5.41) is 3.66. The van der Waals surface area contributed by atoms with Gasteiger partial charge in [0.2, 0.25) is 0 Å². The molecule has 2 nitrogen and oxygen atoms in total. The minimum Gasteiger partial charge on any atom is -0.314 e. The number of rotatable bonds is 6. The van der Waals surface area contributed by atoms with E-state index in [4.69, 9.17) is 0 Å². The van der Waals surface area contributed by atoms with Crippen LogP contribution in [0.1, 0.15) is 51.0 Å². The van der Waals surface area contributed by atoms with Crippen LogP contribution in [0.15, 0.2) is 24.5 Å². The van der Waals surface area contributed by atoms with Gasteiger partial charge in [-0.15, -0.1) is 0 Å². The maximum absolute atomic E-state index is 4.09. The smallest absolute Gasteiger partial charge is 0.0270 e. The molecule has 1 aromatic rings. The number of nitrogens with one attached hydrogen (secondary N) is 1. The summed E-state index contributed by atoms with van der Waals surface area (Å²) in [7, 11) is 0. The quantitative estimate of drug-likeness (QED) is 0.830. The van der Waals surface area contributed by atoms with E-state index in [2.05, 4.69) is 29.4 Å². The summed E-state index contributed by atoms with van der Waals surface area (Å²) in [6.07, 6.45) is 13.5. The first-order chi connectivity index (χ1) is 8.88. The highest BCUT2D eigenvalue weighted by Crippen LogP contribution is 2.28. The van der Waals surface area contributed by atoms with Gasteiger partial charge in [0.05, 0.1) is 0 Å².